The van der Waals surface area contributed by atoms with Crippen LogP contribution in [0.5, 0.6) is 0 Å². The Hall–Kier alpha value is -2.83. The zero-order chi connectivity index (χ0) is 21.8. The summed E-state index contributed by atoms with van der Waals surface area (Å²) in [6, 6.07) is 5.63. The number of anilines is 1. The molecule has 2 aromatic rings. The van der Waals surface area contributed by atoms with E-state index < -0.39 is 0 Å². The molecule has 156 valence electrons. The number of nitriles is 1. The van der Waals surface area contributed by atoms with E-state index >= 15 is 0 Å². The van der Waals surface area contributed by atoms with Crippen LogP contribution in [-0.4, -0.2) is 26.2 Å². The molecular formula is C21H22N4O3S2. The van der Waals surface area contributed by atoms with Gasteiger partial charge in [-0.2, -0.15) is 5.26 Å². The number of furan rings is 1. The molecule has 0 bridgehead atoms. The van der Waals surface area contributed by atoms with E-state index in [0.717, 1.165) is 6.42 Å². The van der Waals surface area contributed by atoms with Gasteiger partial charge >= 0.3 is 0 Å². The molecule has 1 aliphatic rings. The minimum atomic E-state index is -0.366. The Morgan fingerprint density at radius 1 is 1.37 bits per heavy atom. The predicted octanol–water partition coefficient (Wildman–Crippen LogP) is 3.86. The Labute approximate surface area is 184 Å². The van der Waals surface area contributed by atoms with E-state index in [0.29, 0.717) is 51.6 Å². The van der Waals surface area contributed by atoms with Gasteiger partial charge in [-0.3, -0.25) is 19.1 Å². The van der Waals surface area contributed by atoms with Gasteiger partial charge in [0, 0.05) is 18.7 Å². The smallest absolute Gasteiger partial charge is 0.270 e. The lowest BCUT2D eigenvalue weighted by Gasteiger charge is -2.19. The summed E-state index contributed by atoms with van der Waals surface area (Å²) in [7, 11) is 0. The first-order valence-electron chi connectivity index (χ1n) is 9.61. The van der Waals surface area contributed by atoms with E-state index in [2.05, 4.69) is 5.32 Å². The van der Waals surface area contributed by atoms with Crippen LogP contribution in [0.2, 0.25) is 0 Å². The number of nitrogens with zero attached hydrogens (tertiary/aromatic N) is 3. The highest BCUT2D eigenvalue weighted by Gasteiger charge is 2.32. The fourth-order valence-electron chi connectivity index (χ4n) is 3.29. The zero-order valence-electron chi connectivity index (χ0n) is 17.0. The van der Waals surface area contributed by atoms with Gasteiger partial charge in [0.25, 0.3) is 11.5 Å². The van der Waals surface area contributed by atoms with Crippen molar-refractivity contribution in [2.45, 2.75) is 40.3 Å². The molecule has 1 N–H and O–H groups in total. The molecule has 1 aliphatic heterocycles. The van der Waals surface area contributed by atoms with Gasteiger partial charge in [0.05, 0.1) is 17.7 Å². The first kappa shape index (κ1) is 21.9. The van der Waals surface area contributed by atoms with Crippen molar-refractivity contribution < 1.29 is 9.21 Å². The average Bonchev–Trinajstić information content (AvgIpc) is 3.33. The Morgan fingerprint density at radius 3 is 2.73 bits per heavy atom. The number of pyridine rings is 1. The molecule has 1 amide bonds. The third-order valence-electron chi connectivity index (χ3n) is 4.80. The standard InChI is InChI=1S/C21H22N4O3S2/c1-4-8-25-20(27)17(30-21(25)29)10-15-13(3)16(11-22)19(26)24(5-2)18(15)23-12-14-7-6-9-28-14/h6-7,9-10,23H,4-5,8,12H2,1-3H3/b17-10-. The van der Waals surface area contributed by atoms with Crippen LogP contribution in [0.25, 0.3) is 6.08 Å². The molecule has 3 heterocycles. The lowest BCUT2D eigenvalue weighted by Crippen LogP contribution is -2.29. The first-order chi connectivity index (χ1) is 14.4. The molecule has 1 fully saturated rings. The van der Waals surface area contributed by atoms with E-state index in [1.807, 2.05) is 26.0 Å². The van der Waals surface area contributed by atoms with Gasteiger partial charge in [0.1, 0.15) is 27.5 Å². The maximum Gasteiger partial charge on any atom is 0.270 e. The molecular weight excluding hydrogens is 420 g/mol. The second-order valence-electron chi connectivity index (χ2n) is 6.69. The zero-order valence-corrected chi connectivity index (χ0v) is 18.7. The van der Waals surface area contributed by atoms with Crippen LogP contribution in [0.1, 0.15) is 42.7 Å². The number of hydrogen-bond donors (Lipinski definition) is 1. The number of amides is 1. The minimum absolute atomic E-state index is 0.0654. The van der Waals surface area contributed by atoms with Gasteiger partial charge in [-0.05, 0) is 44.0 Å². The fraction of sp³-hybridized carbons (Fsp3) is 0.333. The van der Waals surface area contributed by atoms with Crippen LogP contribution in [0.15, 0.2) is 32.5 Å². The van der Waals surface area contributed by atoms with Crippen molar-refractivity contribution >= 4 is 46.1 Å². The minimum Gasteiger partial charge on any atom is -0.467 e. The normalized spacial score (nSPS) is 15.1. The van der Waals surface area contributed by atoms with Crippen LogP contribution < -0.4 is 10.9 Å². The summed E-state index contributed by atoms with van der Waals surface area (Å²) in [5.41, 5.74) is 0.845. The number of rotatable bonds is 7. The molecule has 0 atom stereocenters. The lowest BCUT2D eigenvalue weighted by atomic mass is 10.0. The number of thiocarbonyl (C=S) groups is 1. The van der Waals surface area contributed by atoms with Gasteiger partial charge in [-0.1, -0.05) is 30.9 Å². The predicted molar refractivity (Wildman–Crippen MR) is 122 cm³/mol. The summed E-state index contributed by atoms with van der Waals surface area (Å²) >= 11 is 6.59. The van der Waals surface area contributed by atoms with Crippen LogP contribution in [0.4, 0.5) is 5.82 Å². The number of nitrogens with one attached hydrogen (secondary N) is 1. The summed E-state index contributed by atoms with van der Waals surface area (Å²) in [6.07, 6.45) is 4.10. The molecule has 0 aliphatic carbocycles. The third-order valence-corrected chi connectivity index (χ3v) is 6.18. The SMILES string of the molecule is CCCN1C(=O)/C(=C/c2c(C)c(C#N)c(=O)n(CC)c2NCc2ccco2)SC1=S. The van der Waals surface area contributed by atoms with E-state index in [-0.39, 0.29) is 17.0 Å². The molecule has 0 aromatic carbocycles. The monoisotopic (exact) mass is 442 g/mol. The number of hydrogen-bond acceptors (Lipinski definition) is 7. The van der Waals surface area contributed by atoms with E-state index in [9.17, 15) is 14.9 Å². The summed E-state index contributed by atoms with van der Waals surface area (Å²) in [4.78, 5) is 27.7. The number of aromatic nitrogens is 1. The lowest BCUT2D eigenvalue weighted by molar-refractivity contribution is -0.122. The average molecular weight is 443 g/mol. The number of carbonyl (C=O) groups excluding carboxylic acids is 1. The largest absolute Gasteiger partial charge is 0.467 e. The van der Waals surface area contributed by atoms with Gasteiger partial charge in [0.2, 0.25) is 0 Å². The second-order valence-corrected chi connectivity index (χ2v) is 8.37. The van der Waals surface area contributed by atoms with Crippen molar-refractivity contribution in [1.29, 1.82) is 5.26 Å². The maximum atomic E-state index is 12.8. The van der Waals surface area contributed by atoms with Crippen LogP contribution in [-0.2, 0) is 17.9 Å². The van der Waals surface area contributed by atoms with Crippen molar-refractivity contribution in [3.63, 3.8) is 0 Å². The molecule has 0 radical (unpaired) electrons. The van der Waals surface area contributed by atoms with Gasteiger partial charge in [0.15, 0.2) is 0 Å². The Bertz CT molecular complexity index is 1110. The molecule has 1 saturated heterocycles. The molecule has 30 heavy (non-hydrogen) atoms. The van der Waals surface area contributed by atoms with Crippen molar-refractivity contribution in [1.82, 2.24) is 9.47 Å². The maximum absolute atomic E-state index is 12.8. The summed E-state index contributed by atoms with van der Waals surface area (Å²) < 4.78 is 7.40. The topological polar surface area (TPSA) is 91.3 Å². The fourth-order valence-corrected chi connectivity index (χ4v) is 4.58. The van der Waals surface area contributed by atoms with Crippen LogP contribution >= 0.6 is 24.0 Å². The third kappa shape index (κ3) is 4.06. The highest BCUT2D eigenvalue weighted by molar-refractivity contribution is 8.26. The molecule has 0 spiro atoms. The van der Waals surface area contributed by atoms with Crippen molar-refractivity contribution in [3.8, 4) is 6.07 Å². The summed E-state index contributed by atoms with van der Waals surface area (Å²) in [5, 5.41) is 12.8. The van der Waals surface area contributed by atoms with Crippen LogP contribution in [0, 0.1) is 18.3 Å². The van der Waals surface area contributed by atoms with Gasteiger partial charge in [-0.15, -0.1) is 0 Å². The molecule has 2 aromatic heterocycles. The second kappa shape index (κ2) is 9.32. The molecule has 0 unspecified atom stereocenters. The summed E-state index contributed by atoms with van der Waals surface area (Å²) in [5.74, 6) is 1.08. The van der Waals surface area contributed by atoms with Gasteiger partial charge in [-0.25, -0.2) is 0 Å². The summed E-state index contributed by atoms with van der Waals surface area (Å²) in [6.45, 7) is 6.82. The Morgan fingerprint density at radius 2 is 2.13 bits per heavy atom. The quantitative estimate of drug-likeness (QED) is 0.514. The van der Waals surface area contributed by atoms with Gasteiger partial charge < -0.3 is 9.73 Å². The van der Waals surface area contributed by atoms with Crippen molar-refractivity contribution in [2.24, 2.45) is 0 Å². The molecule has 3 rings (SSSR count). The Balaban J connectivity index is 2.14. The molecule has 9 heteroatoms. The van der Waals surface area contributed by atoms with Crippen LogP contribution in [0.3, 0.4) is 0 Å². The van der Waals surface area contributed by atoms with Crippen molar-refractivity contribution in [2.75, 3.05) is 11.9 Å². The Kier molecular flexibility index (Phi) is 6.80. The number of carbonyl (C=O) groups is 1. The highest BCUT2D eigenvalue weighted by Crippen LogP contribution is 2.35. The van der Waals surface area contributed by atoms with E-state index in [4.69, 9.17) is 16.6 Å². The number of thioether (sulfide) groups is 1. The molecule has 0 saturated carbocycles. The first-order valence-corrected chi connectivity index (χ1v) is 10.8. The van der Waals surface area contributed by atoms with E-state index in [1.165, 1.54) is 16.3 Å². The van der Waals surface area contributed by atoms with Crippen molar-refractivity contribution in [3.05, 3.63) is 56.1 Å². The molecule has 7 nitrogen and oxygen atoms in total. The highest BCUT2D eigenvalue weighted by atomic mass is 32.2. The van der Waals surface area contributed by atoms with E-state index in [1.54, 1.807) is 30.2 Å².